The van der Waals surface area contributed by atoms with E-state index in [1.165, 1.54) is 5.32 Å². The molecule has 0 atom stereocenters. The third-order valence-electron chi connectivity index (χ3n) is 3.42. The van der Waals surface area contributed by atoms with Gasteiger partial charge in [0.15, 0.2) is 17.5 Å². The first-order chi connectivity index (χ1) is 12.4. The van der Waals surface area contributed by atoms with Gasteiger partial charge in [0.2, 0.25) is 0 Å². The smallest absolute Gasteiger partial charge is 0.416 e. The Bertz CT molecular complexity index is 871. The van der Waals surface area contributed by atoms with Gasteiger partial charge in [-0.2, -0.15) is 13.2 Å². The number of nitrogen functional groups attached to an aromatic ring is 1. The fourth-order valence-electron chi connectivity index (χ4n) is 2.11. The summed E-state index contributed by atoms with van der Waals surface area (Å²) in [6, 6.07) is 1.49. The summed E-state index contributed by atoms with van der Waals surface area (Å²) in [5.74, 6) is -6.54. The van der Waals surface area contributed by atoms with Crippen LogP contribution >= 0.6 is 0 Å². The molecule has 146 valence electrons. The minimum Gasteiger partial charge on any atom is -0.465 e. The van der Waals surface area contributed by atoms with E-state index in [1.54, 1.807) is 0 Å². The Labute approximate surface area is 146 Å². The second-order valence-electron chi connectivity index (χ2n) is 5.19. The number of carboxylic acid groups (broad SMARTS) is 1. The van der Waals surface area contributed by atoms with Gasteiger partial charge in [-0.1, -0.05) is 6.07 Å². The molecule has 5 N–H and O–H groups in total. The lowest BCUT2D eigenvalue weighted by atomic mass is 10.1. The predicted octanol–water partition coefficient (Wildman–Crippen LogP) is 4.55. The van der Waals surface area contributed by atoms with Gasteiger partial charge in [-0.3, -0.25) is 5.32 Å². The topological polar surface area (TPSA) is 87.4 Å². The summed E-state index contributed by atoms with van der Waals surface area (Å²) in [6.45, 7) is -0.706. The first-order valence-electron chi connectivity index (χ1n) is 6.98. The number of alkyl halides is 3. The lowest BCUT2D eigenvalue weighted by Crippen LogP contribution is -2.16. The maximum Gasteiger partial charge on any atom is 0.416 e. The van der Waals surface area contributed by atoms with Crippen molar-refractivity contribution >= 4 is 23.2 Å². The average molecular weight is 397 g/mol. The average Bonchev–Trinajstić information content (AvgIpc) is 2.57. The van der Waals surface area contributed by atoms with Crippen LogP contribution in [0.3, 0.4) is 0 Å². The normalized spacial score (nSPS) is 11.4. The third-order valence-corrected chi connectivity index (χ3v) is 3.42. The van der Waals surface area contributed by atoms with Crippen molar-refractivity contribution in [2.75, 3.05) is 16.4 Å². The largest absolute Gasteiger partial charge is 0.465 e. The maximum atomic E-state index is 14.1. The summed E-state index contributed by atoms with van der Waals surface area (Å²) >= 11 is 0. The lowest BCUT2D eigenvalue weighted by molar-refractivity contribution is -0.137. The Kier molecular flexibility index (Phi) is 5.38. The number of hydrogen-bond acceptors (Lipinski definition) is 3. The molecule has 27 heavy (non-hydrogen) atoms. The van der Waals surface area contributed by atoms with Crippen LogP contribution in [0.25, 0.3) is 0 Å². The van der Waals surface area contributed by atoms with E-state index in [-0.39, 0.29) is 6.07 Å². The maximum absolute atomic E-state index is 14.1. The number of anilines is 3. The lowest BCUT2D eigenvalue weighted by Gasteiger charge is -2.15. The SMILES string of the molecule is Nc1c(F)c(NCc2ccc(C(F)(F)F)cc2F)c(F)c(F)c1NC(=O)O. The molecule has 1 amide bonds. The van der Waals surface area contributed by atoms with Crippen molar-refractivity contribution in [2.45, 2.75) is 12.7 Å². The highest BCUT2D eigenvalue weighted by atomic mass is 19.4. The van der Waals surface area contributed by atoms with Crippen molar-refractivity contribution in [1.82, 2.24) is 0 Å². The van der Waals surface area contributed by atoms with E-state index < -0.39 is 70.3 Å². The minimum atomic E-state index is -4.78. The van der Waals surface area contributed by atoms with Crippen LogP contribution in [0.4, 0.5) is 52.6 Å². The molecule has 0 fully saturated rings. The molecule has 2 aromatic carbocycles. The van der Waals surface area contributed by atoms with Crippen LogP contribution in [0.5, 0.6) is 0 Å². The molecule has 5 nitrogen and oxygen atoms in total. The van der Waals surface area contributed by atoms with Gasteiger partial charge in [-0.25, -0.2) is 22.4 Å². The van der Waals surface area contributed by atoms with E-state index in [0.29, 0.717) is 6.07 Å². The van der Waals surface area contributed by atoms with Crippen LogP contribution < -0.4 is 16.4 Å². The Morgan fingerprint density at radius 2 is 1.63 bits per heavy atom. The zero-order valence-electron chi connectivity index (χ0n) is 13.0. The van der Waals surface area contributed by atoms with E-state index in [4.69, 9.17) is 10.8 Å². The number of benzene rings is 2. The van der Waals surface area contributed by atoms with Crippen molar-refractivity contribution in [2.24, 2.45) is 0 Å². The van der Waals surface area contributed by atoms with Crippen molar-refractivity contribution in [1.29, 1.82) is 0 Å². The number of halogens is 7. The van der Waals surface area contributed by atoms with Crippen molar-refractivity contribution < 1.29 is 40.6 Å². The number of nitrogens with one attached hydrogen (secondary N) is 2. The molecule has 0 aliphatic carbocycles. The van der Waals surface area contributed by atoms with Gasteiger partial charge in [-0.05, 0) is 12.1 Å². The molecule has 0 aromatic heterocycles. The van der Waals surface area contributed by atoms with Crippen LogP contribution in [0, 0.1) is 23.3 Å². The Balaban J connectivity index is 2.33. The third kappa shape index (κ3) is 4.15. The number of carbonyl (C=O) groups is 1. The number of nitrogens with two attached hydrogens (primary N) is 1. The fraction of sp³-hybridized carbons (Fsp3) is 0.133. The van der Waals surface area contributed by atoms with Gasteiger partial charge < -0.3 is 16.2 Å². The molecule has 12 heteroatoms. The molecule has 0 aliphatic rings. The molecule has 0 bridgehead atoms. The predicted molar refractivity (Wildman–Crippen MR) is 81.1 cm³/mol. The van der Waals surface area contributed by atoms with E-state index in [9.17, 15) is 35.5 Å². The van der Waals surface area contributed by atoms with Crippen LogP contribution in [0.1, 0.15) is 11.1 Å². The van der Waals surface area contributed by atoms with Gasteiger partial charge in [0.1, 0.15) is 17.2 Å². The highest BCUT2D eigenvalue weighted by Crippen LogP contribution is 2.35. The van der Waals surface area contributed by atoms with Crippen molar-refractivity contribution in [3.8, 4) is 0 Å². The monoisotopic (exact) mass is 397 g/mol. The van der Waals surface area contributed by atoms with Gasteiger partial charge in [-0.15, -0.1) is 0 Å². The Morgan fingerprint density at radius 1 is 1.04 bits per heavy atom. The number of amides is 1. The fourth-order valence-corrected chi connectivity index (χ4v) is 2.11. The second kappa shape index (κ2) is 7.21. The standard InChI is InChI=1S/C15H10F7N3O2/c16-7-3-6(15(20,21)22)2-1-5(7)4-24-12-8(17)9(18)13(25-14(26)27)11(23)10(12)19/h1-3,24-25H,4,23H2,(H,26,27). The van der Waals surface area contributed by atoms with Gasteiger partial charge in [0, 0.05) is 12.1 Å². The van der Waals surface area contributed by atoms with Crippen LogP contribution in [0.2, 0.25) is 0 Å². The van der Waals surface area contributed by atoms with E-state index in [0.717, 1.165) is 6.07 Å². The first-order valence-corrected chi connectivity index (χ1v) is 6.98. The molecule has 0 saturated heterocycles. The summed E-state index contributed by atoms with van der Waals surface area (Å²) in [7, 11) is 0. The summed E-state index contributed by atoms with van der Waals surface area (Å²) in [5.41, 5.74) is 0.212. The van der Waals surface area contributed by atoms with Crippen molar-refractivity contribution in [3.63, 3.8) is 0 Å². The van der Waals surface area contributed by atoms with Gasteiger partial charge >= 0.3 is 12.3 Å². The zero-order valence-corrected chi connectivity index (χ0v) is 13.0. The van der Waals surface area contributed by atoms with Crippen LogP contribution in [-0.4, -0.2) is 11.2 Å². The molecule has 2 rings (SSSR count). The van der Waals surface area contributed by atoms with Crippen molar-refractivity contribution in [3.05, 3.63) is 52.6 Å². The molecule has 0 saturated carbocycles. The molecular formula is C15H10F7N3O2. The van der Waals surface area contributed by atoms with Gasteiger partial charge in [0.05, 0.1) is 11.3 Å². The number of rotatable bonds is 4. The molecule has 0 heterocycles. The highest BCUT2D eigenvalue weighted by molar-refractivity contribution is 5.89. The van der Waals surface area contributed by atoms with Gasteiger partial charge in [0.25, 0.3) is 0 Å². The molecular weight excluding hydrogens is 387 g/mol. The van der Waals surface area contributed by atoms with E-state index in [1.807, 2.05) is 5.32 Å². The second-order valence-corrected chi connectivity index (χ2v) is 5.19. The summed E-state index contributed by atoms with van der Waals surface area (Å²) < 4.78 is 93.2. The van der Waals surface area contributed by atoms with E-state index in [2.05, 4.69) is 0 Å². The minimum absolute atomic E-state index is 0.193. The molecule has 0 aliphatic heterocycles. The summed E-state index contributed by atoms with van der Waals surface area (Å²) in [4.78, 5) is 10.5. The molecule has 0 spiro atoms. The van der Waals surface area contributed by atoms with Crippen LogP contribution in [-0.2, 0) is 12.7 Å². The Morgan fingerprint density at radius 3 is 2.15 bits per heavy atom. The molecule has 0 unspecified atom stereocenters. The molecule has 0 radical (unpaired) electrons. The van der Waals surface area contributed by atoms with Crippen LogP contribution in [0.15, 0.2) is 18.2 Å². The quantitative estimate of drug-likeness (QED) is 0.347. The summed E-state index contributed by atoms with van der Waals surface area (Å²) in [5, 5.41) is 11.9. The Hall–Kier alpha value is -3.18. The first kappa shape index (κ1) is 20.1. The zero-order chi connectivity index (χ0) is 20.5. The highest BCUT2D eigenvalue weighted by Gasteiger charge is 2.31. The van der Waals surface area contributed by atoms with E-state index >= 15 is 0 Å². The molecule has 2 aromatic rings. The number of hydrogen-bond donors (Lipinski definition) is 4. The summed E-state index contributed by atoms with van der Waals surface area (Å²) in [6.07, 6.45) is -6.61.